The van der Waals surface area contributed by atoms with E-state index in [4.69, 9.17) is 9.26 Å². The van der Waals surface area contributed by atoms with E-state index < -0.39 is 0 Å². The summed E-state index contributed by atoms with van der Waals surface area (Å²) in [6.07, 6.45) is 7.93. The minimum atomic E-state index is 0.728. The van der Waals surface area contributed by atoms with Gasteiger partial charge in [-0.25, -0.2) is 0 Å². The molecule has 0 radical (unpaired) electrons. The molecule has 1 aliphatic heterocycles. The lowest BCUT2D eigenvalue weighted by atomic mass is 10.1. The van der Waals surface area contributed by atoms with Crippen LogP contribution >= 0.6 is 0 Å². The van der Waals surface area contributed by atoms with Gasteiger partial charge in [-0.3, -0.25) is 4.90 Å². The van der Waals surface area contributed by atoms with E-state index >= 15 is 0 Å². The predicted octanol–water partition coefficient (Wildman–Crippen LogP) is 4.02. The first-order valence-electron chi connectivity index (χ1n) is 8.37. The number of hydrogen-bond donors (Lipinski definition) is 0. The summed E-state index contributed by atoms with van der Waals surface area (Å²) < 4.78 is 11.2. The lowest BCUT2D eigenvalue weighted by molar-refractivity contribution is 0.183. The Labute approximate surface area is 137 Å². The minimum absolute atomic E-state index is 0.728. The summed E-state index contributed by atoms with van der Waals surface area (Å²) in [5.74, 6) is 1.67. The third-order valence-corrected chi connectivity index (χ3v) is 4.11. The van der Waals surface area contributed by atoms with Crippen LogP contribution in [0.3, 0.4) is 0 Å². The Morgan fingerprint density at radius 1 is 1.17 bits per heavy atom. The molecule has 0 aliphatic carbocycles. The van der Waals surface area contributed by atoms with Gasteiger partial charge in [-0.2, -0.15) is 0 Å². The molecule has 0 amide bonds. The Hall–Kier alpha value is -2.07. The number of rotatable bonds is 6. The molecule has 0 spiro atoms. The number of benzene rings is 1. The van der Waals surface area contributed by atoms with Gasteiger partial charge in [-0.15, -0.1) is 0 Å². The van der Waals surface area contributed by atoms with Crippen molar-refractivity contribution in [1.29, 1.82) is 0 Å². The highest BCUT2D eigenvalue weighted by Crippen LogP contribution is 2.21. The molecule has 3 rings (SSSR count). The Bertz CT molecular complexity index is 642. The smallest absolute Gasteiger partial charge is 0.159 e. The molecule has 1 aromatic carbocycles. The molecule has 0 atom stereocenters. The van der Waals surface area contributed by atoms with Gasteiger partial charge in [0, 0.05) is 18.2 Å². The molecule has 23 heavy (non-hydrogen) atoms. The number of hydrogen-bond acceptors (Lipinski definition) is 4. The molecule has 0 N–H and O–H groups in total. The topological polar surface area (TPSA) is 38.5 Å². The summed E-state index contributed by atoms with van der Waals surface area (Å²) in [5.41, 5.74) is 1.94. The second-order valence-corrected chi connectivity index (χ2v) is 5.99. The summed E-state index contributed by atoms with van der Waals surface area (Å²) in [7, 11) is 0. The van der Waals surface area contributed by atoms with Crippen LogP contribution in [0.5, 0.6) is 5.75 Å². The van der Waals surface area contributed by atoms with Gasteiger partial charge >= 0.3 is 0 Å². The van der Waals surface area contributed by atoms with E-state index in [1.54, 1.807) is 0 Å². The van der Waals surface area contributed by atoms with E-state index in [-0.39, 0.29) is 0 Å². The summed E-state index contributed by atoms with van der Waals surface area (Å²) in [5, 5.41) is 3.89. The fraction of sp³-hybridized carbons (Fsp3) is 0.421. The zero-order valence-corrected chi connectivity index (χ0v) is 13.7. The molecule has 0 unspecified atom stereocenters. The standard InChI is InChI=1S/C19H24N2O2/c1-16-15-18(23-20-16)10-9-17-7-3-4-8-19(17)22-14-13-21-11-5-2-6-12-21/h3-4,7-10,15H,2,5-6,11-14H2,1H3. The molecule has 1 aliphatic rings. The average Bonchev–Trinajstić information content (AvgIpc) is 3.00. The largest absolute Gasteiger partial charge is 0.492 e. The third-order valence-electron chi connectivity index (χ3n) is 4.11. The average molecular weight is 312 g/mol. The van der Waals surface area contributed by atoms with Crippen molar-refractivity contribution in [2.45, 2.75) is 26.2 Å². The van der Waals surface area contributed by atoms with E-state index in [0.29, 0.717) is 0 Å². The molecule has 122 valence electrons. The monoisotopic (exact) mass is 312 g/mol. The highest BCUT2D eigenvalue weighted by Gasteiger charge is 2.10. The Kier molecular flexibility index (Phi) is 5.48. The number of nitrogens with zero attached hydrogens (tertiary/aromatic N) is 2. The van der Waals surface area contributed by atoms with Gasteiger partial charge in [0.15, 0.2) is 5.76 Å². The molecular weight excluding hydrogens is 288 g/mol. The zero-order chi connectivity index (χ0) is 15.9. The van der Waals surface area contributed by atoms with Gasteiger partial charge in [0.2, 0.25) is 0 Å². The van der Waals surface area contributed by atoms with Gasteiger partial charge in [0.25, 0.3) is 0 Å². The molecule has 1 fully saturated rings. The van der Waals surface area contributed by atoms with Crippen molar-refractivity contribution < 1.29 is 9.26 Å². The van der Waals surface area contributed by atoms with Crippen molar-refractivity contribution in [3.8, 4) is 5.75 Å². The lowest BCUT2D eigenvalue weighted by Gasteiger charge is -2.26. The Morgan fingerprint density at radius 2 is 2.00 bits per heavy atom. The van der Waals surface area contributed by atoms with Crippen LogP contribution in [-0.2, 0) is 0 Å². The first-order valence-corrected chi connectivity index (χ1v) is 8.37. The van der Waals surface area contributed by atoms with Crippen LogP contribution in [0.15, 0.2) is 34.9 Å². The summed E-state index contributed by atoms with van der Waals surface area (Å²) >= 11 is 0. The van der Waals surface area contributed by atoms with Crippen LogP contribution in [0.25, 0.3) is 12.2 Å². The van der Waals surface area contributed by atoms with Crippen molar-refractivity contribution in [2.24, 2.45) is 0 Å². The van der Waals surface area contributed by atoms with Crippen LogP contribution in [0.2, 0.25) is 0 Å². The number of piperidine rings is 1. The Balaban J connectivity index is 1.57. The van der Waals surface area contributed by atoms with Crippen LogP contribution in [0.4, 0.5) is 0 Å². The molecule has 0 bridgehead atoms. The van der Waals surface area contributed by atoms with E-state index in [0.717, 1.165) is 35.9 Å². The second-order valence-electron chi connectivity index (χ2n) is 5.99. The van der Waals surface area contributed by atoms with E-state index in [9.17, 15) is 0 Å². The van der Waals surface area contributed by atoms with E-state index in [1.165, 1.54) is 32.4 Å². The molecule has 1 aromatic heterocycles. The molecule has 1 saturated heterocycles. The second kappa shape index (κ2) is 7.97. The normalized spacial score (nSPS) is 16.0. The molecular formula is C19H24N2O2. The molecule has 2 heterocycles. The first kappa shape index (κ1) is 15.8. The summed E-state index contributed by atoms with van der Waals surface area (Å²) in [4.78, 5) is 2.49. The molecule has 2 aromatic rings. The third kappa shape index (κ3) is 4.70. The maximum atomic E-state index is 5.99. The van der Waals surface area contributed by atoms with Crippen LogP contribution in [0, 0.1) is 6.92 Å². The molecule has 4 heteroatoms. The number of para-hydroxylation sites is 1. The maximum Gasteiger partial charge on any atom is 0.159 e. The summed E-state index contributed by atoms with van der Waals surface area (Å²) in [6.45, 7) is 6.05. The number of aromatic nitrogens is 1. The highest BCUT2D eigenvalue weighted by atomic mass is 16.5. The quantitative estimate of drug-likeness (QED) is 0.807. The van der Waals surface area contributed by atoms with Crippen molar-refractivity contribution in [2.75, 3.05) is 26.2 Å². The SMILES string of the molecule is Cc1cc(C=Cc2ccccc2OCCN2CCCCC2)on1. The van der Waals surface area contributed by atoms with E-state index in [2.05, 4.69) is 16.1 Å². The van der Waals surface area contributed by atoms with Crippen molar-refractivity contribution in [3.63, 3.8) is 0 Å². The van der Waals surface area contributed by atoms with Gasteiger partial charge in [-0.05, 0) is 51.1 Å². The van der Waals surface area contributed by atoms with Crippen molar-refractivity contribution in [3.05, 3.63) is 47.3 Å². The first-order chi connectivity index (χ1) is 11.3. The highest BCUT2D eigenvalue weighted by molar-refractivity contribution is 5.70. The van der Waals surface area contributed by atoms with E-state index in [1.807, 2.05) is 43.3 Å². The Morgan fingerprint density at radius 3 is 2.78 bits per heavy atom. The molecule has 0 saturated carbocycles. The zero-order valence-electron chi connectivity index (χ0n) is 13.7. The number of likely N-dealkylation sites (tertiary alicyclic amines) is 1. The van der Waals surface area contributed by atoms with Crippen LogP contribution in [-0.4, -0.2) is 36.3 Å². The van der Waals surface area contributed by atoms with Gasteiger partial charge in [0.05, 0.1) is 5.69 Å². The fourth-order valence-corrected chi connectivity index (χ4v) is 2.85. The van der Waals surface area contributed by atoms with Crippen LogP contribution in [0.1, 0.15) is 36.3 Å². The fourth-order valence-electron chi connectivity index (χ4n) is 2.85. The number of aryl methyl sites for hydroxylation is 1. The predicted molar refractivity (Wildman–Crippen MR) is 92.4 cm³/mol. The van der Waals surface area contributed by atoms with Gasteiger partial charge in [-0.1, -0.05) is 29.8 Å². The maximum absolute atomic E-state index is 5.99. The van der Waals surface area contributed by atoms with Crippen LogP contribution < -0.4 is 4.74 Å². The summed E-state index contributed by atoms with van der Waals surface area (Å²) in [6, 6.07) is 10.0. The van der Waals surface area contributed by atoms with Gasteiger partial charge in [0.1, 0.15) is 12.4 Å². The van der Waals surface area contributed by atoms with Crippen molar-refractivity contribution >= 4 is 12.2 Å². The van der Waals surface area contributed by atoms with Gasteiger partial charge < -0.3 is 9.26 Å². The lowest BCUT2D eigenvalue weighted by Crippen LogP contribution is -2.33. The van der Waals surface area contributed by atoms with Crippen molar-refractivity contribution in [1.82, 2.24) is 10.1 Å². The minimum Gasteiger partial charge on any atom is -0.492 e. The number of ether oxygens (including phenoxy) is 1. The molecule has 4 nitrogen and oxygen atoms in total.